The first kappa shape index (κ1) is 10.4. The summed E-state index contributed by atoms with van der Waals surface area (Å²) >= 11 is 0. The average Bonchev–Trinajstić information content (AvgIpc) is 2.80. The molecule has 16 heavy (non-hydrogen) atoms. The lowest BCUT2D eigenvalue weighted by atomic mass is 10.1. The second-order valence-electron chi connectivity index (χ2n) is 3.33. The SMILES string of the molecule is CC(=O)c1ccc(NCc2ncon2)cc1. The van der Waals surface area contributed by atoms with Gasteiger partial charge in [-0.05, 0) is 31.2 Å². The maximum Gasteiger partial charge on any atom is 0.213 e. The summed E-state index contributed by atoms with van der Waals surface area (Å²) in [6.07, 6.45) is 1.29. The Kier molecular flexibility index (Phi) is 2.95. The van der Waals surface area contributed by atoms with Crippen LogP contribution in [0.4, 0.5) is 5.69 Å². The Morgan fingerprint density at radius 1 is 1.38 bits per heavy atom. The number of nitrogens with zero attached hydrogens (tertiary/aromatic N) is 2. The number of hydrogen-bond donors (Lipinski definition) is 1. The first-order valence-corrected chi connectivity index (χ1v) is 4.86. The van der Waals surface area contributed by atoms with Crippen LogP contribution in [0, 0.1) is 0 Å². The summed E-state index contributed by atoms with van der Waals surface area (Å²) in [7, 11) is 0. The van der Waals surface area contributed by atoms with Crippen molar-refractivity contribution in [1.29, 1.82) is 0 Å². The van der Waals surface area contributed by atoms with Crippen LogP contribution >= 0.6 is 0 Å². The van der Waals surface area contributed by atoms with Crippen LogP contribution in [0.25, 0.3) is 0 Å². The van der Waals surface area contributed by atoms with Gasteiger partial charge >= 0.3 is 0 Å². The van der Waals surface area contributed by atoms with Crippen molar-refractivity contribution in [2.45, 2.75) is 13.5 Å². The molecule has 0 unspecified atom stereocenters. The molecule has 2 aromatic rings. The van der Waals surface area contributed by atoms with Crippen molar-refractivity contribution in [3.63, 3.8) is 0 Å². The van der Waals surface area contributed by atoms with E-state index in [2.05, 4.69) is 20.0 Å². The lowest BCUT2D eigenvalue weighted by Crippen LogP contribution is -2.01. The van der Waals surface area contributed by atoms with Gasteiger partial charge in [-0.2, -0.15) is 4.98 Å². The Morgan fingerprint density at radius 3 is 2.69 bits per heavy atom. The molecule has 5 nitrogen and oxygen atoms in total. The molecule has 1 N–H and O–H groups in total. The standard InChI is InChI=1S/C11H11N3O2/c1-8(15)9-2-4-10(5-3-9)12-6-11-13-7-16-14-11/h2-5,7,12H,6H2,1H3. The fraction of sp³-hybridized carbons (Fsp3) is 0.182. The normalized spacial score (nSPS) is 10.1. The summed E-state index contributed by atoms with van der Waals surface area (Å²) in [4.78, 5) is 14.9. The zero-order chi connectivity index (χ0) is 11.4. The van der Waals surface area contributed by atoms with Gasteiger partial charge in [0.05, 0.1) is 6.54 Å². The number of carbonyl (C=O) groups excluding carboxylic acids is 1. The summed E-state index contributed by atoms with van der Waals surface area (Å²) < 4.78 is 4.61. The summed E-state index contributed by atoms with van der Waals surface area (Å²) in [5.41, 5.74) is 1.61. The maximum atomic E-state index is 11.0. The Morgan fingerprint density at radius 2 is 2.12 bits per heavy atom. The third kappa shape index (κ3) is 2.44. The average molecular weight is 217 g/mol. The van der Waals surface area contributed by atoms with E-state index in [-0.39, 0.29) is 5.78 Å². The van der Waals surface area contributed by atoms with Gasteiger partial charge in [-0.1, -0.05) is 5.16 Å². The number of Topliss-reactive ketones (excluding diaryl/α,β-unsaturated/α-hetero) is 1. The molecule has 0 spiro atoms. The number of ketones is 1. The van der Waals surface area contributed by atoms with Crippen LogP contribution in [0.2, 0.25) is 0 Å². The Bertz CT molecular complexity index is 462. The Hall–Kier alpha value is -2.17. The molecule has 2 rings (SSSR count). The molecular formula is C11H11N3O2. The smallest absolute Gasteiger partial charge is 0.213 e. The molecule has 1 heterocycles. The highest BCUT2D eigenvalue weighted by Gasteiger charge is 2.00. The van der Waals surface area contributed by atoms with Gasteiger partial charge in [0, 0.05) is 11.3 Å². The molecule has 0 radical (unpaired) electrons. The second-order valence-corrected chi connectivity index (χ2v) is 3.33. The van der Waals surface area contributed by atoms with Crippen LogP contribution in [-0.2, 0) is 6.54 Å². The predicted molar refractivity (Wildman–Crippen MR) is 58.1 cm³/mol. The van der Waals surface area contributed by atoms with Crippen LogP contribution in [0.1, 0.15) is 23.1 Å². The van der Waals surface area contributed by atoms with E-state index in [9.17, 15) is 4.79 Å². The fourth-order valence-corrected chi connectivity index (χ4v) is 1.27. The van der Waals surface area contributed by atoms with E-state index >= 15 is 0 Å². The van der Waals surface area contributed by atoms with Crippen molar-refractivity contribution in [2.75, 3.05) is 5.32 Å². The fourth-order valence-electron chi connectivity index (χ4n) is 1.27. The van der Waals surface area contributed by atoms with Gasteiger partial charge in [0.15, 0.2) is 11.6 Å². The maximum absolute atomic E-state index is 11.0. The number of aromatic nitrogens is 2. The van der Waals surface area contributed by atoms with Crippen molar-refractivity contribution in [2.24, 2.45) is 0 Å². The van der Waals surface area contributed by atoms with E-state index in [4.69, 9.17) is 0 Å². The van der Waals surface area contributed by atoms with Crippen molar-refractivity contribution in [3.8, 4) is 0 Å². The summed E-state index contributed by atoms with van der Waals surface area (Å²) in [5, 5.41) is 6.79. The van der Waals surface area contributed by atoms with Gasteiger partial charge in [0.1, 0.15) is 0 Å². The summed E-state index contributed by atoms with van der Waals surface area (Å²) in [5.74, 6) is 0.653. The van der Waals surface area contributed by atoms with Crippen LogP contribution in [0.5, 0.6) is 0 Å². The van der Waals surface area contributed by atoms with E-state index in [0.29, 0.717) is 17.9 Å². The Balaban J connectivity index is 1.98. The molecule has 0 saturated carbocycles. The number of rotatable bonds is 4. The highest BCUT2D eigenvalue weighted by molar-refractivity contribution is 5.94. The number of hydrogen-bond acceptors (Lipinski definition) is 5. The van der Waals surface area contributed by atoms with E-state index < -0.39 is 0 Å². The van der Waals surface area contributed by atoms with Gasteiger partial charge in [0.2, 0.25) is 6.39 Å². The molecule has 0 saturated heterocycles. The van der Waals surface area contributed by atoms with Gasteiger partial charge in [-0.15, -0.1) is 0 Å². The lowest BCUT2D eigenvalue weighted by molar-refractivity contribution is 0.101. The van der Waals surface area contributed by atoms with Gasteiger partial charge < -0.3 is 9.84 Å². The number of anilines is 1. The monoisotopic (exact) mass is 217 g/mol. The van der Waals surface area contributed by atoms with Crippen molar-refractivity contribution < 1.29 is 9.32 Å². The zero-order valence-corrected chi connectivity index (χ0v) is 8.80. The summed E-state index contributed by atoms with van der Waals surface area (Å²) in [6, 6.07) is 7.25. The first-order valence-electron chi connectivity index (χ1n) is 4.86. The molecule has 0 aliphatic carbocycles. The topological polar surface area (TPSA) is 68.0 Å². The van der Waals surface area contributed by atoms with Crippen molar-refractivity contribution in [1.82, 2.24) is 10.1 Å². The van der Waals surface area contributed by atoms with Crippen molar-refractivity contribution in [3.05, 3.63) is 42.0 Å². The van der Waals surface area contributed by atoms with Crippen molar-refractivity contribution >= 4 is 11.5 Å². The lowest BCUT2D eigenvalue weighted by Gasteiger charge is -2.03. The van der Waals surface area contributed by atoms with Gasteiger partial charge in [-0.25, -0.2) is 0 Å². The van der Waals surface area contributed by atoms with E-state index in [0.717, 1.165) is 5.69 Å². The third-order valence-corrected chi connectivity index (χ3v) is 2.15. The quantitative estimate of drug-likeness (QED) is 0.792. The molecular weight excluding hydrogens is 206 g/mol. The minimum atomic E-state index is 0.0599. The third-order valence-electron chi connectivity index (χ3n) is 2.15. The molecule has 0 fully saturated rings. The zero-order valence-electron chi connectivity index (χ0n) is 8.80. The minimum absolute atomic E-state index is 0.0599. The van der Waals surface area contributed by atoms with E-state index in [1.807, 2.05) is 12.1 Å². The molecule has 0 aliphatic heterocycles. The molecule has 5 heteroatoms. The van der Waals surface area contributed by atoms with Crippen LogP contribution < -0.4 is 5.32 Å². The molecule has 0 amide bonds. The molecule has 0 aliphatic rings. The van der Waals surface area contributed by atoms with Crippen LogP contribution in [0.3, 0.4) is 0 Å². The molecule has 0 bridgehead atoms. The van der Waals surface area contributed by atoms with Gasteiger partial charge in [0.25, 0.3) is 0 Å². The number of carbonyl (C=O) groups is 1. The van der Waals surface area contributed by atoms with Crippen LogP contribution in [0.15, 0.2) is 35.2 Å². The number of nitrogens with one attached hydrogen (secondary N) is 1. The summed E-state index contributed by atoms with van der Waals surface area (Å²) in [6.45, 7) is 2.04. The Labute approximate surface area is 92.5 Å². The highest BCUT2D eigenvalue weighted by atomic mass is 16.5. The predicted octanol–water partition coefficient (Wildman–Crippen LogP) is 1.88. The largest absolute Gasteiger partial charge is 0.378 e. The second kappa shape index (κ2) is 4.57. The van der Waals surface area contributed by atoms with Crippen LogP contribution in [-0.4, -0.2) is 15.9 Å². The molecule has 0 atom stereocenters. The molecule has 82 valence electrons. The molecule has 1 aromatic heterocycles. The van der Waals surface area contributed by atoms with E-state index in [1.54, 1.807) is 19.1 Å². The van der Waals surface area contributed by atoms with Gasteiger partial charge in [-0.3, -0.25) is 4.79 Å². The first-order chi connectivity index (χ1) is 7.75. The number of benzene rings is 1. The minimum Gasteiger partial charge on any atom is -0.378 e. The molecule has 1 aromatic carbocycles. The van der Waals surface area contributed by atoms with E-state index in [1.165, 1.54) is 6.39 Å². The highest BCUT2D eigenvalue weighted by Crippen LogP contribution is 2.10.